The van der Waals surface area contributed by atoms with Gasteiger partial charge in [-0.2, -0.15) is 0 Å². The second-order valence-electron chi connectivity index (χ2n) is 3.56. The molecule has 1 aliphatic carbocycles. The summed E-state index contributed by atoms with van der Waals surface area (Å²) in [5.74, 6) is 0.135. The summed E-state index contributed by atoms with van der Waals surface area (Å²) >= 11 is 6.05. The SMILES string of the molecule is C=C(C)[C@@H]1C[C@@H](Cl)C(C)=C[C@@H]1O. The van der Waals surface area contributed by atoms with Gasteiger partial charge in [0.15, 0.2) is 0 Å². The van der Waals surface area contributed by atoms with Gasteiger partial charge in [-0.1, -0.05) is 23.8 Å². The third kappa shape index (κ3) is 1.90. The smallest absolute Gasteiger partial charge is 0.0789 e. The zero-order valence-corrected chi connectivity index (χ0v) is 8.30. The van der Waals surface area contributed by atoms with E-state index < -0.39 is 6.10 Å². The summed E-state index contributed by atoms with van der Waals surface area (Å²) in [7, 11) is 0. The highest BCUT2D eigenvalue weighted by atomic mass is 35.5. The van der Waals surface area contributed by atoms with Gasteiger partial charge in [0.05, 0.1) is 11.5 Å². The Morgan fingerprint density at radius 3 is 2.83 bits per heavy atom. The Kier molecular flexibility index (Phi) is 2.97. The molecule has 2 heteroatoms. The van der Waals surface area contributed by atoms with Gasteiger partial charge in [0.1, 0.15) is 0 Å². The summed E-state index contributed by atoms with van der Waals surface area (Å²) in [6.07, 6.45) is 2.25. The maximum Gasteiger partial charge on any atom is 0.0789 e. The average molecular weight is 187 g/mol. The lowest BCUT2D eigenvalue weighted by molar-refractivity contribution is 0.158. The van der Waals surface area contributed by atoms with Crippen molar-refractivity contribution >= 4 is 11.6 Å². The molecule has 3 atom stereocenters. The van der Waals surface area contributed by atoms with Gasteiger partial charge in [-0.15, -0.1) is 11.6 Å². The minimum Gasteiger partial charge on any atom is -0.388 e. The first-order valence-corrected chi connectivity index (χ1v) is 4.62. The molecule has 0 spiro atoms. The fraction of sp³-hybridized carbons (Fsp3) is 0.600. The van der Waals surface area contributed by atoms with Crippen molar-refractivity contribution in [2.45, 2.75) is 31.7 Å². The maximum atomic E-state index is 9.63. The third-order valence-corrected chi connectivity index (χ3v) is 2.96. The van der Waals surface area contributed by atoms with Crippen LogP contribution in [0.4, 0.5) is 0 Å². The van der Waals surface area contributed by atoms with Crippen molar-refractivity contribution in [2.75, 3.05) is 0 Å². The fourth-order valence-corrected chi connectivity index (χ4v) is 1.80. The standard InChI is InChI=1S/C10H15ClO/c1-6(2)8-5-9(11)7(3)4-10(8)12/h4,8-10,12H,1,5H2,2-3H3/t8-,9+,10-/m0/s1. The Labute approximate surface area is 78.7 Å². The van der Waals surface area contributed by atoms with Crippen LogP contribution in [0.5, 0.6) is 0 Å². The summed E-state index contributed by atoms with van der Waals surface area (Å²) in [4.78, 5) is 0. The Morgan fingerprint density at radius 2 is 2.33 bits per heavy atom. The number of rotatable bonds is 1. The van der Waals surface area contributed by atoms with Crippen LogP contribution >= 0.6 is 11.6 Å². The van der Waals surface area contributed by atoms with Crippen molar-refractivity contribution in [3.8, 4) is 0 Å². The molecule has 0 aliphatic heterocycles. The molecule has 1 rings (SSSR count). The molecule has 0 aromatic carbocycles. The van der Waals surface area contributed by atoms with Crippen molar-refractivity contribution in [2.24, 2.45) is 5.92 Å². The van der Waals surface area contributed by atoms with Gasteiger partial charge < -0.3 is 5.11 Å². The van der Waals surface area contributed by atoms with Gasteiger partial charge in [0.25, 0.3) is 0 Å². The van der Waals surface area contributed by atoms with Gasteiger partial charge in [-0.25, -0.2) is 0 Å². The fourth-order valence-electron chi connectivity index (χ4n) is 1.53. The van der Waals surface area contributed by atoms with Crippen molar-refractivity contribution in [1.82, 2.24) is 0 Å². The predicted molar refractivity (Wildman–Crippen MR) is 52.3 cm³/mol. The molecular formula is C10H15ClO. The van der Waals surface area contributed by atoms with Crippen molar-refractivity contribution in [3.63, 3.8) is 0 Å². The van der Waals surface area contributed by atoms with Crippen molar-refractivity contribution in [3.05, 3.63) is 23.8 Å². The molecule has 1 aliphatic rings. The van der Waals surface area contributed by atoms with E-state index in [4.69, 9.17) is 11.6 Å². The molecule has 0 saturated carbocycles. The predicted octanol–water partition coefficient (Wildman–Crippen LogP) is 2.50. The molecule has 0 amide bonds. The molecule has 1 nitrogen and oxygen atoms in total. The van der Waals surface area contributed by atoms with Crippen LogP contribution in [-0.2, 0) is 0 Å². The first-order valence-electron chi connectivity index (χ1n) is 4.18. The van der Waals surface area contributed by atoms with Crippen molar-refractivity contribution in [1.29, 1.82) is 0 Å². The Balaban J connectivity index is 2.79. The van der Waals surface area contributed by atoms with E-state index in [1.807, 2.05) is 19.9 Å². The van der Waals surface area contributed by atoms with E-state index in [0.29, 0.717) is 0 Å². The van der Waals surface area contributed by atoms with E-state index in [-0.39, 0.29) is 11.3 Å². The van der Waals surface area contributed by atoms with Gasteiger partial charge in [0.2, 0.25) is 0 Å². The number of hydrogen-bond donors (Lipinski definition) is 1. The lowest BCUT2D eigenvalue weighted by Crippen LogP contribution is -2.28. The highest BCUT2D eigenvalue weighted by Gasteiger charge is 2.27. The van der Waals surface area contributed by atoms with E-state index in [1.165, 1.54) is 0 Å². The maximum absolute atomic E-state index is 9.63. The second-order valence-corrected chi connectivity index (χ2v) is 4.08. The van der Waals surface area contributed by atoms with E-state index in [0.717, 1.165) is 17.6 Å². The number of halogens is 1. The molecule has 0 fully saturated rings. The summed E-state index contributed by atoms with van der Waals surface area (Å²) < 4.78 is 0. The van der Waals surface area contributed by atoms with Gasteiger partial charge in [-0.3, -0.25) is 0 Å². The van der Waals surface area contributed by atoms with E-state index in [9.17, 15) is 5.11 Å². The van der Waals surface area contributed by atoms with Gasteiger partial charge >= 0.3 is 0 Å². The molecule has 68 valence electrons. The minimum atomic E-state index is -0.391. The van der Waals surface area contributed by atoms with Crippen molar-refractivity contribution < 1.29 is 5.11 Å². The van der Waals surface area contributed by atoms with Crippen LogP contribution in [0.25, 0.3) is 0 Å². The van der Waals surface area contributed by atoms with Crippen LogP contribution in [0, 0.1) is 5.92 Å². The molecule has 0 aromatic rings. The molecule has 1 N–H and O–H groups in total. The number of alkyl halides is 1. The number of aliphatic hydroxyl groups excluding tert-OH is 1. The van der Waals surface area contributed by atoms with E-state index in [1.54, 1.807) is 0 Å². The molecule has 0 bridgehead atoms. The molecule has 0 unspecified atom stereocenters. The van der Waals surface area contributed by atoms with E-state index in [2.05, 4.69) is 6.58 Å². The first kappa shape index (κ1) is 9.82. The average Bonchev–Trinajstić information content (AvgIpc) is 1.96. The Hall–Kier alpha value is -0.270. The number of hydrogen-bond acceptors (Lipinski definition) is 1. The highest BCUT2D eigenvalue weighted by Crippen LogP contribution is 2.31. The molecular weight excluding hydrogens is 172 g/mol. The quantitative estimate of drug-likeness (QED) is 0.493. The Morgan fingerprint density at radius 1 is 1.75 bits per heavy atom. The zero-order valence-electron chi connectivity index (χ0n) is 7.55. The first-order chi connectivity index (χ1) is 5.52. The summed E-state index contributed by atoms with van der Waals surface area (Å²) in [5.41, 5.74) is 2.08. The van der Waals surface area contributed by atoms with Crippen LogP contribution in [-0.4, -0.2) is 16.6 Å². The second kappa shape index (κ2) is 3.63. The van der Waals surface area contributed by atoms with Crippen LogP contribution in [0.3, 0.4) is 0 Å². The van der Waals surface area contributed by atoms with Crippen LogP contribution in [0.2, 0.25) is 0 Å². The highest BCUT2D eigenvalue weighted by molar-refractivity contribution is 6.22. The number of allylic oxidation sites excluding steroid dienone is 1. The van der Waals surface area contributed by atoms with E-state index >= 15 is 0 Å². The molecule has 0 radical (unpaired) electrons. The molecule has 12 heavy (non-hydrogen) atoms. The summed E-state index contributed by atoms with van der Waals surface area (Å²) in [6.45, 7) is 7.73. The normalized spacial score (nSPS) is 36.0. The zero-order chi connectivity index (χ0) is 9.30. The minimum absolute atomic E-state index is 0.0649. The molecule has 0 aromatic heterocycles. The van der Waals surface area contributed by atoms with Gasteiger partial charge in [0, 0.05) is 5.92 Å². The largest absolute Gasteiger partial charge is 0.388 e. The molecule has 0 heterocycles. The lowest BCUT2D eigenvalue weighted by Gasteiger charge is -2.29. The lowest BCUT2D eigenvalue weighted by atomic mass is 9.83. The van der Waals surface area contributed by atoms with Crippen LogP contribution < -0.4 is 0 Å². The Bertz CT molecular complexity index is 220. The monoisotopic (exact) mass is 186 g/mol. The number of aliphatic hydroxyl groups is 1. The summed E-state index contributed by atoms with van der Waals surface area (Å²) in [6, 6.07) is 0. The van der Waals surface area contributed by atoms with Crippen LogP contribution in [0.15, 0.2) is 23.8 Å². The third-order valence-electron chi connectivity index (χ3n) is 2.43. The van der Waals surface area contributed by atoms with Gasteiger partial charge in [-0.05, 0) is 20.3 Å². The topological polar surface area (TPSA) is 20.2 Å². The molecule has 0 saturated heterocycles. The van der Waals surface area contributed by atoms with Crippen LogP contribution in [0.1, 0.15) is 20.3 Å². The summed E-state index contributed by atoms with van der Waals surface area (Å²) in [5, 5.41) is 9.70.